The number of rotatable bonds is 4. The number of fused-ring (bicyclic) bond motifs is 1. The van der Waals surface area contributed by atoms with Gasteiger partial charge in [0.1, 0.15) is 5.60 Å². The van der Waals surface area contributed by atoms with Gasteiger partial charge >= 0.3 is 0 Å². The second-order valence-electron chi connectivity index (χ2n) is 11.3. The molecule has 3 N–H and O–H groups in total. The Labute approximate surface area is 187 Å². The van der Waals surface area contributed by atoms with Crippen molar-refractivity contribution in [3.05, 3.63) is 12.3 Å². The van der Waals surface area contributed by atoms with Crippen LogP contribution < -0.4 is 10.9 Å². The number of allylic oxidation sites excluding steroid dienone is 1. The van der Waals surface area contributed by atoms with E-state index in [1.807, 2.05) is 4.90 Å². The molecule has 2 heterocycles. The number of nitrogens with one attached hydrogen (secondary N) is 2. The van der Waals surface area contributed by atoms with E-state index in [2.05, 4.69) is 36.2 Å². The summed E-state index contributed by atoms with van der Waals surface area (Å²) in [5.41, 5.74) is 7.44. The molecule has 6 heteroatoms. The van der Waals surface area contributed by atoms with Crippen molar-refractivity contribution in [2.75, 3.05) is 26.2 Å². The Morgan fingerprint density at radius 2 is 1.65 bits per heavy atom. The van der Waals surface area contributed by atoms with Crippen molar-refractivity contribution in [1.82, 2.24) is 20.7 Å². The maximum atomic E-state index is 12.4. The lowest BCUT2D eigenvalue weighted by atomic mass is 9.63. The predicted octanol–water partition coefficient (Wildman–Crippen LogP) is 2.50. The van der Waals surface area contributed by atoms with Gasteiger partial charge in [-0.15, -0.1) is 0 Å². The number of hydrazine groups is 1. The van der Waals surface area contributed by atoms with Crippen LogP contribution in [0.2, 0.25) is 0 Å². The minimum atomic E-state index is -1.04. The van der Waals surface area contributed by atoms with Crippen molar-refractivity contribution in [3.63, 3.8) is 0 Å². The van der Waals surface area contributed by atoms with Crippen molar-refractivity contribution < 1.29 is 9.90 Å². The molecular weight excluding hydrogens is 388 g/mol. The molecule has 1 amide bonds. The highest BCUT2D eigenvalue weighted by Crippen LogP contribution is 2.47. The lowest BCUT2D eigenvalue weighted by Gasteiger charge is -2.46. The zero-order valence-electron chi connectivity index (χ0n) is 19.5. The SMILES string of the molecule is C=C(C1CCC(C2CCCC3C(C)NNC23)CC1C)N1CCN(C(=O)C2(O)CC2)CC1. The first-order chi connectivity index (χ1) is 14.9. The molecule has 7 unspecified atom stereocenters. The molecule has 174 valence electrons. The molecule has 0 bridgehead atoms. The third-order valence-electron chi connectivity index (χ3n) is 9.46. The third-order valence-corrected chi connectivity index (χ3v) is 9.46. The normalized spacial score (nSPS) is 42.2. The molecule has 0 aromatic rings. The van der Waals surface area contributed by atoms with Crippen LogP contribution in [0.5, 0.6) is 0 Å². The minimum Gasteiger partial charge on any atom is -0.380 e. The van der Waals surface area contributed by atoms with E-state index in [0.717, 1.165) is 30.8 Å². The van der Waals surface area contributed by atoms with Gasteiger partial charge in [-0.25, -0.2) is 0 Å². The summed E-state index contributed by atoms with van der Waals surface area (Å²) in [6.45, 7) is 12.4. The maximum Gasteiger partial charge on any atom is 0.254 e. The van der Waals surface area contributed by atoms with E-state index in [4.69, 9.17) is 0 Å². The molecule has 3 saturated carbocycles. The van der Waals surface area contributed by atoms with Crippen molar-refractivity contribution >= 4 is 5.91 Å². The first-order valence-corrected chi connectivity index (χ1v) is 12.8. The van der Waals surface area contributed by atoms with E-state index < -0.39 is 5.60 Å². The Balaban J connectivity index is 1.14. The van der Waals surface area contributed by atoms with Crippen molar-refractivity contribution in [2.45, 2.75) is 82.9 Å². The molecule has 7 atom stereocenters. The second kappa shape index (κ2) is 8.35. The van der Waals surface area contributed by atoms with Gasteiger partial charge in [-0.3, -0.25) is 15.6 Å². The molecule has 0 radical (unpaired) electrons. The van der Waals surface area contributed by atoms with Gasteiger partial charge in [0.05, 0.1) is 0 Å². The van der Waals surface area contributed by atoms with E-state index >= 15 is 0 Å². The average Bonchev–Trinajstić information content (AvgIpc) is 3.43. The zero-order chi connectivity index (χ0) is 21.8. The van der Waals surface area contributed by atoms with Crippen LogP contribution in [0, 0.1) is 29.6 Å². The summed E-state index contributed by atoms with van der Waals surface area (Å²) < 4.78 is 0. The summed E-state index contributed by atoms with van der Waals surface area (Å²) in [7, 11) is 0. The number of piperazine rings is 1. The molecular formula is C25H42N4O2. The molecule has 0 aromatic heterocycles. The van der Waals surface area contributed by atoms with Gasteiger partial charge in [-0.2, -0.15) is 0 Å². The topological polar surface area (TPSA) is 67.8 Å². The summed E-state index contributed by atoms with van der Waals surface area (Å²) in [5.74, 6) is 3.64. The van der Waals surface area contributed by atoms with Gasteiger partial charge in [0.25, 0.3) is 5.91 Å². The van der Waals surface area contributed by atoms with E-state index in [-0.39, 0.29) is 5.91 Å². The van der Waals surface area contributed by atoms with Crippen LogP contribution in [-0.2, 0) is 4.79 Å². The van der Waals surface area contributed by atoms with Crippen LogP contribution in [0.1, 0.15) is 65.2 Å². The van der Waals surface area contributed by atoms with E-state index in [1.165, 1.54) is 44.2 Å². The van der Waals surface area contributed by atoms with Crippen molar-refractivity contribution in [2.24, 2.45) is 29.6 Å². The number of carbonyl (C=O) groups excluding carboxylic acids is 1. The Kier molecular flexibility index (Phi) is 5.85. The summed E-state index contributed by atoms with van der Waals surface area (Å²) in [6.07, 6.45) is 9.30. The number of aliphatic hydroxyl groups is 1. The molecule has 6 nitrogen and oxygen atoms in total. The van der Waals surface area contributed by atoms with Crippen LogP contribution in [0.4, 0.5) is 0 Å². The number of hydrogen-bond donors (Lipinski definition) is 3. The van der Waals surface area contributed by atoms with Crippen LogP contribution in [-0.4, -0.2) is 64.7 Å². The highest BCUT2D eigenvalue weighted by Gasteiger charge is 2.50. The summed E-state index contributed by atoms with van der Waals surface area (Å²) in [6, 6.07) is 1.26. The maximum absolute atomic E-state index is 12.4. The van der Waals surface area contributed by atoms with Crippen LogP contribution in [0.15, 0.2) is 12.3 Å². The Morgan fingerprint density at radius 1 is 0.968 bits per heavy atom. The zero-order valence-corrected chi connectivity index (χ0v) is 19.5. The molecule has 31 heavy (non-hydrogen) atoms. The minimum absolute atomic E-state index is 0.0539. The molecule has 0 aromatic carbocycles. The molecule has 2 aliphatic heterocycles. The summed E-state index contributed by atoms with van der Waals surface area (Å²) in [5, 5.41) is 10.1. The fraction of sp³-hybridized carbons (Fsp3) is 0.880. The van der Waals surface area contributed by atoms with Gasteiger partial charge in [-0.05, 0) is 75.5 Å². The largest absolute Gasteiger partial charge is 0.380 e. The van der Waals surface area contributed by atoms with Gasteiger partial charge in [0.2, 0.25) is 0 Å². The van der Waals surface area contributed by atoms with Crippen molar-refractivity contribution in [1.29, 1.82) is 0 Å². The average molecular weight is 431 g/mol. The third kappa shape index (κ3) is 4.04. The van der Waals surface area contributed by atoms with Crippen molar-refractivity contribution in [3.8, 4) is 0 Å². The fourth-order valence-corrected chi connectivity index (χ4v) is 7.28. The standard InChI is InChI=1S/C25H42N4O2/c1-16-15-19(22-6-4-5-21-17(2)26-27-23(21)22)7-8-20(16)18(3)28-11-13-29(14-12-28)24(30)25(31)9-10-25/h16-17,19-23,26-27,31H,3-15H2,1-2H3. The van der Waals surface area contributed by atoms with Gasteiger partial charge in [0, 0.05) is 49.9 Å². The molecule has 2 saturated heterocycles. The van der Waals surface area contributed by atoms with Crippen LogP contribution in [0.3, 0.4) is 0 Å². The first-order valence-electron chi connectivity index (χ1n) is 12.8. The summed E-state index contributed by atoms with van der Waals surface area (Å²) >= 11 is 0. The molecule has 5 rings (SSSR count). The van der Waals surface area contributed by atoms with Crippen LogP contribution >= 0.6 is 0 Å². The van der Waals surface area contributed by atoms with E-state index in [0.29, 0.717) is 49.9 Å². The molecule has 0 spiro atoms. The first kappa shape index (κ1) is 21.7. The highest BCUT2D eigenvalue weighted by molar-refractivity contribution is 5.87. The van der Waals surface area contributed by atoms with Crippen LogP contribution in [0.25, 0.3) is 0 Å². The van der Waals surface area contributed by atoms with E-state index in [9.17, 15) is 9.90 Å². The lowest BCUT2D eigenvalue weighted by Crippen LogP contribution is -2.52. The Bertz CT molecular complexity index is 700. The number of carbonyl (C=O) groups is 1. The fourth-order valence-electron chi connectivity index (χ4n) is 7.28. The monoisotopic (exact) mass is 430 g/mol. The van der Waals surface area contributed by atoms with Gasteiger partial charge in [0.15, 0.2) is 0 Å². The highest BCUT2D eigenvalue weighted by atomic mass is 16.3. The van der Waals surface area contributed by atoms with Gasteiger partial charge < -0.3 is 14.9 Å². The number of nitrogens with zero attached hydrogens (tertiary/aromatic N) is 2. The van der Waals surface area contributed by atoms with E-state index in [1.54, 1.807) is 0 Å². The lowest BCUT2D eigenvalue weighted by molar-refractivity contribution is -0.144. The number of amides is 1. The Hall–Kier alpha value is -1.11. The molecule has 3 aliphatic carbocycles. The quantitative estimate of drug-likeness (QED) is 0.639. The number of hydrogen-bond acceptors (Lipinski definition) is 5. The Morgan fingerprint density at radius 3 is 2.32 bits per heavy atom. The molecule has 5 fully saturated rings. The molecule has 5 aliphatic rings. The second-order valence-corrected chi connectivity index (χ2v) is 11.3. The smallest absolute Gasteiger partial charge is 0.254 e. The van der Waals surface area contributed by atoms with Gasteiger partial charge in [-0.1, -0.05) is 19.9 Å². The predicted molar refractivity (Wildman–Crippen MR) is 122 cm³/mol. The summed E-state index contributed by atoms with van der Waals surface area (Å²) in [4.78, 5) is 16.7.